The van der Waals surface area contributed by atoms with Gasteiger partial charge in [0.25, 0.3) is 0 Å². The molecule has 5 rings (SSSR count). The first-order valence-corrected chi connectivity index (χ1v) is 18.8. The van der Waals surface area contributed by atoms with E-state index in [9.17, 15) is 14.7 Å². The first-order valence-electron chi connectivity index (χ1n) is 16.9. The van der Waals surface area contributed by atoms with Crippen LogP contribution in [0.4, 0.5) is 34.6 Å². The number of hydrogen-bond donors (Lipinski definition) is 4. The van der Waals surface area contributed by atoms with Crippen molar-refractivity contribution in [2.24, 2.45) is 34.6 Å². The van der Waals surface area contributed by atoms with Crippen LogP contribution in [0.25, 0.3) is 11.6 Å². The van der Waals surface area contributed by atoms with E-state index >= 15 is 0 Å². The maximum absolute atomic E-state index is 12.6. The maximum Gasteiger partial charge on any atom is 0.343 e. The largest absolute Gasteiger partial charge is 0.465 e. The number of carbonyl (C=O) groups is 2. The van der Waals surface area contributed by atoms with Crippen molar-refractivity contribution in [3.05, 3.63) is 40.6 Å². The van der Waals surface area contributed by atoms with Gasteiger partial charge in [0.15, 0.2) is 52.1 Å². The number of nitrogen functional groups attached to an aromatic ring is 2. The highest BCUT2D eigenvalue weighted by atomic mass is 32.2. The van der Waals surface area contributed by atoms with Crippen LogP contribution in [0.15, 0.2) is 37.9 Å². The van der Waals surface area contributed by atoms with Crippen LogP contribution in [-0.4, -0.2) is 85.9 Å². The van der Waals surface area contributed by atoms with E-state index in [0.717, 1.165) is 25.7 Å². The van der Waals surface area contributed by atoms with Crippen molar-refractivity contribution in [2.75, 3.05) is 31.4 Å². The minimum Gasteiger partial charge on any atom is -0.465 e. The van der Waals surface area contributed by atoms with Gasteiger partial charge in [0.05, 0.1) is 24.2 Å². The molecule has 0 radical (unpaired) electrons. The lowest BCUT2D eigenvalue weighted by Crippen LogP contribution is -2.09. The standard InChI is InChI=1S/C32H42N16O4S2/c1-7-9-11-17-25(37-39-29-23(32(51)52-5)19(15-53)41-45(29)3)27(33)47(42-17)21-13-22(36-16-35-21)48-28(34)26(18(43-48)12-10-8-2)38-40-30-24(20(50)14-49)31(54-6)44-46(30)4/h13,16,49,53H,7-12,14-15,33-34H2,1-6H3/b39-37+,40-38+. The maximum atomic E-state index is 12.6. The van der Waals surface area contributed by atoms with Crippen LogP contribution in [0.1, 0.15) is 77.3 Å². The number of ketones is 1. The lowest BCUT2D eigenvalue weighted by molar-refractivity contribution is 0.0600. The Kier molecular flexibility index (Phi) is 12.9. The smallest absolute Gasteiger partial charge is 0.343 e. The molecule has 0 aliphatic carbocycles. The van der Waals surface area contributed by atoms with Crippen molar-refractivity contribution in [3.63, 3.8) is 0 Å². The average Bonchev–Trinajstić information content (AvgIpc) is 3.89. The third-order valence-corrected chi connectivity index (χ3v) is 9.23. The van der Waals surface area contributed by atoms with Crippen LogP contribution in [0.5, 0.6) is 0 Å². The summed E-state index contributed by atoms with van der Waals surface area (Å²) < 4.78 is 10.7. The molecule has 5 aromatic heterocycles. The summed E-state index contributed by atoms with van der Waals surface area (Å²) in [5.74, 6) is 0.260. The van der Waals surface area contributed by atoms with Crippen molar-refractivity contribution < 1.29 is 19.4 Å². The Morgan fingerprint density at radius 1 is 0.833 bits per heavy atom. The average molecular weight is 779 g/mol. The number of thiol groups is 1. The number of aliphatic hydroxyl groups is 1. The third kappa shape index (κ3) is 7.89. The van der Waals surface area contributed by atoms with E-state index in [0.29, 0.717) is 58.0 Å². The Morgan fingerprint density at radius 2 is 1.35 bits per heavy atom. The van der Waals surface area contributed by atoms with E-state index in [4.69, 9.17) is 26.4 Å². The molecule has 0 amide bonds. The van der Waals surface area contributed by atoms with Gasteiger partial charge in [-0.3, -0.25) is 4.79 Å². The van der Waals surface area contributed by atoms with Gasteiger partial charge in [-0.05, 0) is 31.9 Å². The number of unbranched alkanes of at least 4 members (excludes halogenated alkanes) is 2. The molecule has 0 aliphatic rings. The molecule has 0 aliphatic heterocycles. The van der Waals surface area contributed by atoms with Crippen molar-refractivity contribution >= 4 is 70.8 Å². The van der Waals surface area contributed by atoms with Gasteiger partial charge in [-0.2, -0.15) is 42.4 Å². The lowest BCUT2D eigenvalue weighted by atomic mass is 10.2. The highest BCUT2D eigenvalue weighted by molar-refractivity contribution is 7.98. The highest BCUT2D eigenvalue weighted by Crippen LogP contribution is 2.36. The van der Waals surface area contributed by atoms with Gasteiger partial charge in [0.1, 0.15) is 29.1 Å². The van der Waals surface area contributed by atoms with Gasteiger partial charge < -0.3 is 21.3 Å². The summed E-state index contributed by atoms with van der Waals surface area (Å²) in [5.41, 5.74) is 15.8. The number of azo groups is 2. The van der Waals surface area contributed by atoms with Gasteiger partial charge in [-0.25, -0.2) is 24.1 Å². The lowest BCUT2D eigenvalue weighted by Gasteiger charge is -2.06. The molecule has 5 heterocycles. The second-order valence-electron chi connectivity index (χ2n) is 11.9. The van der Waals surface area contributed by atoms with Crippen LogP contribution in [0, 0.1) is 0 Å². The Balaban J connectivity index is 1.57. The minimum absolute atomic E-state index is 0.140. The van der Waals surface area contributed by atoms with Gasteiger partial charge in [-0.15, -0.1) is 32.2 Å². The van der Waals surface area contributed by atoms with Crippen LogP contribution in [0.3, 0.4) is 0 Å². The Hall–Kier alpha value is -5.48. The predicted octanol–water partition coefficient (Wildman–Crippen LogP) is 5.11. The number of hydrogen-bond acceptors (Lipinski definition) is 18. The van der Waals surface area contributed by atoms with Crippen molar-refractivity contribution in [3.8, 4) is 11.6 Å². The molecule has 0 spiro atoms. The molecule has 0 unspecified atom stereocenters. The van der Waals surface area contributed by atoms with Gasteiger partial charge in [-0.1, -0.05) is 26.7 Å². The number of carbonyl (C=O) groups excluding carboxylic acids is 2. The fourth-order valence-corrected chi connectivity index (χ4v) is 6.31. The number of nitrogens with zero attached hydrogens (tertiary/aromatic N) is 14. The Labute approximate surface area is 319 Å². The van der Waals surface area contributed by atoms with E-state index in [1.165, 1.54) is 43.9 Å². The molecule has 0 aromatic carbocycles. The van der Waals surface area contributed by atoms with Crippen LogP contribution in [0.2, 0.25) is 0 Å². The predicted molar refractivity (Wildman–Crippen MR) is 204 cm³/mol. The fourth-order valence-electron chi connectivity index (χ4n) is 5.47. The van der Waals surface area contributed by atoms with Crippen LogP contribution < -0.4 is 11.5 Å². The molecule has 54 heavy (non-hydrogen) atoms. The molecule has 5 aromatic rings. The second-order valence-corrected chi connectivity index (χ2v) is 13.0. The number of thioether (sulfide) groups is 1. The number of Topliss-reactive ketones (excluding diaryl/α,β-unsaturated/α-hetero) is 1. The number of esters is 1. The summed E-state index contributed by atoms with van der Waals surface area (Å²) in [6.07, 6.45) is 7.54. The molecular formula is C32H42N16O4S2. The molecule has 0 saturated heterocycles. The van der Waals surface area contributed by atoms with Crippen LogP contribution >= 0.6 is 24.4 Å². The van der Waals surface area contributed by atoms with E-state index in [1.807, 2.05) is 0 Å². The second kappa shape index (κ2) is 17.6. The van der Waals surface area contributed by atoms with Gasteiger partial charge in [0.2, 0.25) is 0 Å². The highest BCUT2D eigenvalue weighted by Gasteiger charge is 2.26. The molecule has 0 atom stereocenters. The summed E-state index contributed by atoms with van der Waals surface area (Å²) in [6.45, 7) is 3.40. The molecule has 20 nitrogen and oxygen atoms in total. The third-order valence-electron chi connectivity index (χ3n) is 8.25. The molecule has 286 valence electrons. The zero-order valence-corrected chi connectivity index (χ0v) is 32.5. The number of aliphatic hydroxyl groups excluding tert-OH is 1. The summed E-state index contributed by atoms with van der Waals surface area (Å²) in [4.78, 5) is 34.1. The normalized spacial score (nSPS) is 11.8. The Morgan fingerprint density at radius 3 is 1.81 bits per heavy atom. The number of aromatic nitrogens is 10. The monoisotopic (exact) mass is 778 g/mol. The first-order chi connectivity index (χ1) is 26.0. The van der Waals surface area contributed by atoms with E-state index < -0.39 is 18.4 Å². The van der Waals surface area contributed by atoms with Crippen molar-refractivity contribution in [1.82, 2.24) is 49.1 Å². The van der Waals surface area contributed by atoms with Gasteiger partial charge in [0, 0.05) is 25.9 Å². The SMILES string of the molecule is CCCCc1nn(-c2cc(-n3nc(CCCC)c(/N=N/c4c(C(=O)CO)c(SC)nn4C)c3N)ncn2)c(N)c1/N=N/c1c(C(=O)OC)c(CS)nn1C. The number of nitrogens with two attached hydrogens (primary N) is 2. The van der Waals surface area contributed by atoms with Crippen molar-refractivity contribution in [2.45, 2.75) is 63.2 Å². The quantitative estimate of drug-likeness (QED) is 0.0315. The number of aryl methyl sites for hydroxylation is 4. The van der Waals surface area contributed by atoms with E-state index in [2.05, 4.69) is 67.1 Å². The summed E-state index contributed by atoms with van der Waals surface area (Å²) in [7, 11) is 4.54. The summed E-state index contributed by atoms with van der Waals surface area (Å²) in [6, 6.07) is 1.61. The zero-order chi connectivity index (χ0) is 39.1. The van der Waals surface area contributed by atoms with E-state index in [1.54, 1.807) is 26.4 Å². The fraction of sp³-hybridized carbons (Fsp3) is 0.438. The van der Waals surface area contributed by atoms with Crippen LogP contribution in [-0.2, 0) is 37.4 Å². The summed E-state index contributed by atoms with van der Waals surface area (Å²) >= 11 is 5.54. The summed E-state index contributed by atoms with van der Waals surface area (Å²) in [5, 5.41) is 45.8. The molecular weight excluding hydrogens is 737 g/mol. The topological polar surface area (TPSA) is 262 Å². The Bertz CT molecular complexity index is 2070. The molecule has 5 N–H and O–H groups in total. The number of anilines is 2. The molecule has 0 bridgehead atoms. The van der Waals surface area contributed by atoms with Gasteiger partial charge >= 0.3 is 5.97 Å². The van der Waals surface area contributed by atoms with Crippen molar-refractivity contribution in [1.29, 1.82) is 0 Å². The number of ether oxygens (including phenoxy) is 1. The first kappa shape index (κ1) is 39.7. The number of rotatable bonds is 17. The zero-order valence-electron chi connectivity index (χ0n) is 30.8. The number of methoxy groups -OCH3 is 1. The van der Waals surface area contributed by atoms with E-state index in [-0.39, 0.29) is 40.2 Å². The molecule has 22 heteroatoms. The molecule has 0 fully saturated rings. The minimum atomic E-state index is -0.706. The molecule has 0 saturated carbocycles.